The molecular weight excluding hydrogens is 561 g/mol. The Hall–Kier alpha value is -4.64. The number of nitrogens with one attached hydrogen (secondary N) is 1. The number of rotatable bonds is 8. The van der Waals surface area contributed by atoms with Gasteiger partial charge in [0.15, 0.2) is 0 Å². The van der Waals surface area contributed by atoms with Crippen molar-refractivity contribution < 1.29 is 33.0 Å². The molecule has 0 saturated heterocycles. The number of anilines is 1. The van der Waals surface area contributed by atoms with Crippen molar-refractivity contribution >= 4 is 29.1 Å². The number of aromatic nitrogens is 2. The molecule has 41 heavy (non-hydrogen) atoms. The third-order valence-corrected chi connectivity index (χ3v) is 6.25. The van der Waals surface area contributed by atoms with Crippen LogP contribution >= 0.6 is 11.6 Å². The summed E-state index contributed by atoms with van der Waals surface area (Å²) in [7, 11) is 0. The summed E-state index contributed by atoms with van der Waals surface area (Å²) >= 11 is 5.96. The average molecular weight is 585 g/mol. The smallest absolute Gasteiger partial charge is 0.397 e. The number of nitrogens with zero attached hydrogens (tertiary/aromatic N) is 3. The number of aryl methyl sites for hydroxylation is 1. The standard InChI is InChI=1S/C29H24ClF3N4O4/c1-17-14-35-28(30)36-26(17)20-6-8-21(9-7-20)37(27(41)23-11-10-22(38)12-24(23)39)16-19-4-2-18(3-5-19)15-34-25(40)13-29(31,32)33/h2-12,14,38-39H,13,15-16H2,1H3,(H,34,40). The maximum absolute atomic E-state index is 13.6. The zero-order valence-corrected chi connectivity index (χ0v) is 22.4. The Morgan fingerprint density at radius 3 is 2.27 bits per heavy atom. The van der Waals surface area contributed by atoms with E-state index < -0.39 is 30.2 Å². The van der Waals surface area contributed by atoms with Crippen LogP contribution in [-0.4, -0.2) is 38.2 Å². The largest absolute Gasteiger partial charge is 0.508 e. The quantitative estimate of drug-likeness (QED) is 0.221. The van der Waals surface area contributed by atoms with Crippen molar-refractivity contribution in [2.75, 3.05) is 4.90 Å². The van der Waals surface area contributed by atoms with E-state index in [0.717, 1.165) is 17.2 Å². The lowest BCUT2D eigenvalue weighted by Crippen LogP contribution is -2.30. The van der Waals surface area contributed by atoms with Crippen molar-refractivity contribution in [3.63, 3.8) is 0 Å². The number of carbonyl (C=O) groups is 2. The van der Waals surface area contributed by atoms with Gasteiger partial charge in [-0.25, -0.2) is 9.97 Å². The van der Waals surface area contributed by atoms with E-state index >= 15 is 0 Å². The highest BCUT2D eigenvalue weighted by molar-refractivity contribution is 6.28. The maximum atomic E-state index is 13.6. The third-order valence-electron chi connectivity index (χ3n) is 6.07. The highest BCUT2D eigenvalue weighted by atomic mass is 35.5. The van der Waals surface area contributed by atoms with E-state index in [2.05, 4.69) is 15.3 Å². The van der Waals surface area contributed by atoms with Gasteiger partial charge in [-0.15, -0.1) is 0 Å². The van der Waals surface area contributed by atoms with Gasteiger partial charge < -0.3 is 20.4 Å². The minimum atomic E-state index is -4.59. The van der Waals surface area contributed by atoms with Crippen LogP contribution in [0, 0.1) is 6.92 Å². The molecular formula is C29H24ClF3N4O4. The number of benzene rings is 3. The Morgan fingerprint density at radius 1 is 0.976 bits per heavy atom. The average Bonchev–Trinajstić information content (AvgIpc) is 2.91. The Bertz CT molecular complexity index is 1560. The minimum absolute atomic E-state index is 0.0331. The Balaban J connectivity index is 1.59. The van der Waals surface area contributed by atoms with Crippen LogP contribution in [0.15, 0.2) is 72.9 Å². The highest BCUT2D eigenvalue weighted by Gasteiger charge is 2.31. The summed E-state index contributed by atoms with van der Waals surface area (Å²) < 4.78 is 37.2. The molecule has 4 aromatic rings. The number of phenolic OH excluding ortho intramolecular Hbond substituents is 2. The predicted octanol–water partition coefficient (Wildman–Crippen LogP) is 5.93. The molecule has 0 spiro atoms. The van der Waals surface area contributed by atoms with E-state index in [1.807, 2.05) is 6.92 Å². The van der Waals surface area contributed by atoms with E-state index in [4.69, 9.17) is 11.6 Å². The lowest BCUT2D eigenvalue weighted by atomic mass is 10.1. The van der Waals surface area contributed by atoms with Crippen LogP contribution in [0.1, 0.15) is 33.5 Å². The zero-order valence-electron chi connectivity index (χ0n) is 21.6. The van der Waals surface area contributed by atoms with Crippen LogP contribution in [0.25, 0.3) is 11.3 Å². The van der Waals surface area contributed by atoms with Crippen molar-refractivity contribution in [1.82, 2.24) is 15.3 Å². The fourth-order valence-corrected chi connectivity index (χ4v) is 4.16. The Kier molecular flexibility index (Phi) is 8.77. The van der Waals surface area contributed by atoms with E-state index in [1.165, 1.54) is 17.0 Å². The molecule has 0 saturated carbocycles. The van der Waals surface area contributed by atoms with Gasteiger partial charge in [-0.05, 0) is 59.5 Å². The molecule has 0 aliphatic carbocycles. The first-order chi connectivity index (χ1) is 19.4. The number of aromatic hydroxyl groups is 2. The molecule has 212 valence electrons. The number of alkyl halides is 3. The van der Waals surface area contributed by atoms with Gasteiger partial charge in [0.1, 0.15) is 17.9 Å². The Morgan fingerprint density at radius 2 is 1.63 bits per heavy atom. The maximum Gasteiger partial charge on any atom is 0.397 e. The summed E-state index contributed by atoms with van der Waals surface area (Å²) in [6.45, 7) is 1.82. The number of phenols is 2. The van der Waals surface area contributed by atoms with Crippen molar-refractivity contribution in [1.29, 1.82) is 0 Å². The zero-order chi connectivity index (χ0) is 29.7. The van der Waals surface area contributed by atoms with Gasteiger partial charge in [0, 0.05) is 30.1 Å². The molecule has 0 aliphatic heterocycles. The van der Waals surface area contributed by atoms with Crippen LogP contribution in [0.4, 0.5) is 18.9 Å². The SMILES string of the molecule is Cc1cnc(Cl)nc1-c1ccc(N(Cc2ccc(CNC(=O)CC(F)(F)F)cc2)C(=O)c2ccc(O)cc2O)cc1. The van der Waals surface area contributed by atoms with Gasteiger partial charge in [-0.2, -0.15) is 13.2 Å². The van der Waals surface area contributed by atoms with Gasteiger partial charge in [0.05, 0.1) is 17.8 Å². The monoisotopic (exact) mass is 584 g/mol. The minimum Gasteiger partial charge on any atom is -0.508 e. The fraction of sp³-hybridized carbons (Fsp3) is 0.172. The molecule has 2 amide bonds. The first-order valence-corrected chi connectivity index (χ1v) is 12.6. The third kappa shape index (κ3) is 7.73. The van der Waals surface area contributed by atoms with Gasteiger partial charge in [0.2, 0.25) is 11.2 Å². The molecule has 0 atom stereocenters. The highest BCUT2D eigenvalue weighted by Crippen LogP contribution is 2.30. The number of amides is 2. The second kappa shape index (κ2) is 12.3. The first kappa shape index (κ1) is 29.3. The van der Waals surface area contributed by atoms with Crippen molar-refractivity contribution in [2.45, 2.75) is 32.6 Å². The van der Waals surface area contributed by atoms with Crippen LogP contribution in [0.2, 0.25) is 5.28 Å². The molecule has 0 bridgehead atoms. The summed E-state index contributed by atoms with van der Waals surface area (Å²) in [6, 6.07) is 17.3. The molecule has 12 heteroatoms. The van der Waals surface area contributed by atoms with Crippen LogP contribution < -0.4 is 10.2 Å². The Labute approximate surface area is 238 Å². The van der Waals surface area contributed by atoms with Gasteiger partial charge in [-0.3, -0.25) is 9.59 Å². The predicted molar refractivity (Wildman–Crippen MR) is 146 cm³/mol. The molecule has 0 radical (unpaired) electrons. The summed E-state index contributed by atoms with van der Waals surface area (Å²) in [6.07, 6.45) is -4.54. The normalized spacial score (nSPS) is 11.2. The van der Waals surface area contributed by atoms with E-state index in [0.29, 0.717) is 22.5 Å². The number of halogens is 4. The topological polar surface area (TPSA) is 116 Å². The van der Waals surface area contributed by atoms with Crippen molar-refractivity contribution in [3.8, 4) is 22.8 Å². The molecule has 1 heterocycles. The van der Waals surface area contributed by atoms with Gasteiger partial charge in [-0.1, -0.05) is 36.4 Å². The van der Waals surface area contributed by atoms with Crippen LogP contribution in [0.3, 0.4) is 0 Å². The van der Waals surface area contributed by atoms with Gasteiger partial charge in [0.25, 0.3) is 5.91 Å². The summed E-state index contributed by atoms with van der Waals surface area (Å²) in [4.78, 5) is 34.7. The van der Waals surface area contributed by atoms with E-state index in [9.17, 15) is 33.0 Å². The molecule has 3 N–H and O–H groups in total. The van der Waals surface area contributed by atoms with E-state index in [-0.39, 0.29) is 29.7 Å². The molecule has 0 aliphatic rings. The van der Waals surface area contributed by atoms with Crippen LogP contribution in [-0.2, 0) is 17.9 Å². The summed E-state index contributed by atoms with van der Waals surface area (Å²) in [5.74, 6) is -2.27. The van der Waals surface area contributed by atoms with Crippen LogP contribution in [0.5, 0.6) is 11.5 Å². The first-order valence-electron chi connectivity index (χ1n) is 12.2. The molecule has 8 nitrogen and oxygen atoms in total. The molecule has 0 unspecified atom stereocenters. The summed E-state index contributed by atoms with van der Waals surface area (Å²) in [5, 5.41) is 22.3. The molecule has 4 rings (SSSR count). The lowest BCUT2D eigenvalue weighted by Gasteiger charge is -2.24. The summed E-state index contributed by atoms with van der Waals surface area (Å²) in [5.41, 5.74) is 3.88. The molecule has 3 aromatic carbocycles. The number of hydrogen-bond acceptors (Lipinski definition) is 6. The number of hydrogen-bond donors (Lipinski definition) is 3. The van der Waals surface area contributed by atoms with E-state index in [1.54, 1.807) is 54.7 Å². The fourth-order valence-electron chi connectivity index (χ4n) is 4.03. The van der Waals surface area contributed by atoms with Gasteiger partial charge >= 0.3 is 6.18 Å². The number of carbonyl (C=O) groups excluding carboxylic acids is 2. The molecule has 1 aromatic heterocycles. The van der Waals surface area contributed by atoms with Crippen molar-refractivity contribution in [3.05, 3.63) is 100 Å². The lowest BCUT2D eigenvalue weighted by molar-refractivity contribution is -0.153. The van der Waals surface area contributed by atoms with Crippen molar-refractivity contribution in [2.24, 2.45) is 0 Å². The second-order valence-electron chi connectivity index (χ2n) is 9.20. The molecule has 0 fully saturated rings. The second-order valence-corrected chi connectivity index (χ2v) is 9.53.